The van der Waals surface area contributed by atoms with Gasteiger partial charge >= 0.3 is 0 Å². The van der Waals surface area contributed by atoms with Crippen molar-refractivity contribution in [1.29, 1.82) is 0 Å². The van der Waals surface area contributed by atoms with Crippen LogP contribution in [0.15, 0.2) is 59.8 Å². The van der Waals surface area contributed by atoms with Crippen LogP contribution in [-0.2, 0) is 17.1 Å². The molecule has 0 saturated heterocycles. The molecule has 3 aromatic rings. The number of methoxy groups -OCH3 is 1. The highest BCUT2D eigenvalue weighted by Gasteiger charge is 2.13. The Balaban J connectivity index is 1.63. The topological polar surface area (TPSA) is 69.0 Å². The maximum absolute atomic E-state index is 12.3. The predicted octanol–water partition coefficient (Wildman–Crippen LogP) is 4.90. The highest BCUT2D eigenvalue weighted by atomic mass is 35.5. The fourth-order valence-electron chi connectivity index (χ4n) is 2.57. The Morgan fingerprint density at radius 3 is 2.66 bits per heavy atom. The average molecular weight is 429 g/mol. The standard InChI is InChI=1S/C21H21ClN4O2S/c1-3-26-20(23-19(27)13-10-15-8-11-17(28-2)12-9-15)24-25-21(26)29-14-16-6-4-5-7-18(16)22/h4-13H,3,14H2,1-2H3,(H,23,24,27)/b13-10+. The Labute approximate surface area is 178 Å². The van der Waals surface area contributed by atoms with E-state index in [1.165, 1.54) is 17.8 Å². The number of nitrogens with zero attached hydrogens (tertiary/aromatic N) is 3. The number of aromatic nitrogens is 3. The van der Waals surface area contributed by atoms with Crippen molar-refractivity contribution < 1.29 is 9.53 Å². The summed E-state index contributed by atoms with van der Waals surface area (Å²) in [6.07, 6.45) is 3.20. The molecule has 29 heavy (non-hydrogen) atoms. The van der Waals surface area contributed by atoms with E-state index in [1.54, 1.807) is 13.2 Å². The summed E-state index contributed by atoms with van der Waals surface area (Å²) in [7, 11) is 1.61. The van der Waals surface area contributed by atoms with Crippen molar-refractivity contribution in [2.45, 2.75) is 24.4 Å². The molecule has 1 aromatic heterocycles. The Kier molecular flexibility index (Phi) is 7.32. The van der Waals surface area contributed by atoms with E-state index in [1.807, 2.05) is 60.0 Å². The predicted molar refractivity (Wildman–Crippen MR) is 117 cm³/mol. The van der Waals surface area contributed by atoms with Crippen LogP contribution in [0.5, 0.6) is 5.75 Å². The highest BCUT2D eigenvalue weighted by molar-refractivity contribution is 7.98. The Morgan fingerprint density at radius 1 is 1.21 bits per heavy atom. The molecule has 0 aliphatic heterocycles. The number of carbonyl (C=O) groups excluding carboxylic acids is 1. The first-order valence-corrected chi connectivity index (χ1v) is 10.4. The van der Waals surface area contributed by atoms with E-state index >= 15 is 0 Å². The molecule has 2 aromatic carbocycles. The summed E-state index contributed by atoms with van der Waals surface area (Å²) in [4.78, 5) is 12.3. The van der Waals surface area contributed by atoms with E-state index in [2.05, 4.69) is 15.5 Å². The van der Waals surface area contributed by atoms with Crippen molar-refractivity contribution in [2.75, 3.05) is 12.4 Å². The highest BCUT2D eigenvalue weighted by Crippen LogP contribution is 2.27. The number of hydrogen-bond donors (Lipinski definition) is 1. The van der Waals surface area contributed by atoms with Gasteiger partial charge in [0.1, 0.15) is 5.75 Å². The van der Waals surface area contributed by atoms with Crippen molar-refractivity contribution >= 4 is 41.3 Å². The molecule has 1 N–H and O–H groups in total. The zero-order valence-corrected chi connectivity index (χ0v) is 17.7. The van der Waals surface area contributed by atoms with Crippen molar-refractivity contribution in [3.8, 4) is 5.75 Å². The minimum atomic E-state index is -0.273. The molecule has 6 nitrogen and oxygen atoms in total. The van der Waals surface area contributed by atoms with Crippen LogP contribution in [-0.4, -0.2) is 27.8 Å². The maximum atomic E-state index is 12.3. The largest absolute Gasteiger partial charge is 0.497 e. The summed E-state index contributed by atoms with van der Waals surface area (Å²) in [5.41, 5.74) is 1.92. The molecule has 0 radical (unpaired) electrons. The lowest BCUT2D eigenvalue weighted by atomic mass is 10.2. The van der Waals surface area contributed by atoms with Gasteiger partial charge in [-0.25, -0.2) is 0 Å². The molecule has 0 fully saturated rings. The van der Waals surface area contributed by atoms with Gasteiger partial charge in [0.05, 0.1) is 7.11 Å². The summed E-state index contributed by atoms with van der Waals surface area (Å²) < 4.78 is 6.99. The van der Waals surface area contributed by atoms with Gasteiger partial charge in [-0.2, -0.15) is 0 Å². The lowest BCUT2D eigenvalue weighted by Gasteiger charge is -2.08. The lowest BCUT2D eigenvalue weighted by Crippen LogP contribution is -2.13. The Morgan fingerprint density at radius 2 is 1.97 bits per heavy atom. The van der Waals surface area contributed by atoms with Crippen LogP contribution >= 0.6 is 23.4 Å². The van der Waals surface area contributed by atoms with Crippen LogP contribution in [0, 0.1) is 0 Å². The van der Waals surface area contributed by atoms with Gasteiger partial charge in [-0.1, -0.05) is 53.7 Å². The van der Waals surface area contributed by atoms with Crippen LogP contribution in [0.4, 0.5) is 5.95 Å². The molecular weight excluding hydrogens is 408 g/mol. The minimum absolute atomic E-state index is 0.273. The van der Waals surface area contributed by atoms with Gasteiger partial charge in [0.2, 0.25) is 5.95 Å². The second-order valence-corrected chi connectivity index (χ2v) is 7.38. The van der Waals surface area contributed by atoms with Gasteiger partial charge in [-0.05, 0) is 42.3 Å². The zero-order chi connectivity index (χ0) is 20.6. The molecule has 0 unspecified atom stereocenters. The average Bonchev–Trinajstić information content (AvgIpc) is 3.13. The molecule has 3 rings (SSSR count). The molecule has 8 heteroatoms. The Hall–Kier alpha value is -2.77. The number of nitrogens with one attached hydrogen (secondary N) is 1. The summed E-state index contributed by atoms with van der Waals surface area (Å²) in [6, 6.07) is 15.1. The number of rotatable bonds is 8. The molecule has 0 spiro atoms. The fraction of sp³-hybridized carbons (Fsp3) is 0.190. The van der Waals surface area contributed by atoms with E-state index < -0.39 is 0 Å². The van der Waals surface area contributed by atoms with Crippen molar-refractivity contribution in [3.63, 3.8) is 0 Å². The van der Waals surface area contributed by atoms with Crippen LogP contribution in [0.1, 0.15) is 18.1 Å². The van der Waals surface area contributed by atoms with E-state index in [0.29, 0.717) is 18.2 Å². The Bertz CT molecular complexity index is 1000. The number of carbonyl (C=O) groups is 1. The van der Waals surface area contributed by atoms with E-state index in [9.17, 15) is 4.79 Å². The molecule has 0 saturated carbocycles. The normalized spacial score (nSPS) is 11.0. The van der Waals surface area contributed by atoms with Gasteiger partial charge < -0.3 is 4.74 Å². The summed E-state index contributed by atoms with van der Waals surface area (Å²) in [6.45, 7) is 2.61. The molecule has 0 bridgehead atoms. The van der Waals surface area contributed by atoms with E-state index in [-0.39, 0.29) is 5.91 Å². The number of anilines is 1. The number of hydrogen-bond acceptors (Lipinski definition) is 5. The third kappa shape index (κ3) is 5.62. The fourth-order valence-corrected chi connectivity index (χ4v) is 3.86. The van der Waals surface area contributed by atoms with Crippen molar-refractivity contribution in [3.05, 3.63) is 70.8 Å². The van der Waals surface area contributed by atoms with Gasteiger partial charge in [0, 0.05) is 23.4 Å². The van der Waals surface area contributed by atoms with Gasteiger partial charge in [0.15, 0.2) is 5.16 Å². The molecule has 0 aliphatic rings. The number of thioether (sulfide) groups is 1. The molecule has 150 valence electrons. The summed E-state index contributed by atoms with van der Waals surface area (Å²) in [5, 5.41) is 12.5. The monoisotopic (exact) mass is 428 g/mol. The van der Waals surface area contributed by atoms with Crippen LogP contribution in [0.3, 0.4) is 0 Å². The first-order chi connectivity index (χ1) is 14.1. The van der Waals surface area contributed by atoms with Crippen molar-refractivity contribution in [2.24, 2.45) is 0 Å². The van der Waals surface area contributed by atoms with Crippen LogP contribution in [0.25, 0.3) is 6.08 Å². The smallest absolute Gasteiger partial charge is 0.250 e. The van der Waals surface area contributed by atoms with Crippen LogP contribution in [0.2, 0.25) is 5.02 Å². The van der Waals surface area contributed by atoms with E-state index in [4.69, 9.17) is 16.3 Å². The van der Waals surface area contributed by atoms with E-state index in [0.717, 1.165) is 27.1 Å². The second kappa shape index (κ2) is 10.1. The second-order valence-electron chi connectivity index (χ2n) is 6.03. The first kappa shape index (κ1) is 21.0. The number of ether oxygens (including phenoxy) is 1. The number of halogens is 1. The molecule has 0 aliphatic carbocycles. The van der Waals surface area contributed by atoms with Gasteiger partial charge in [-0.15, -0.1) is 10.2 Å². The third-order valence-electron chi connectivity index (χ3n) is 4.13. The number of amides is 1. The lowest BCUT2D eigenvalue weighted by molar-refractivity contribution is -0.111. The first-order valence-electron chi connectivity index (χ1n) is 9.03. The SMILES string of the molecule is CCn1c(NC(=O)/C=C/c2ccc(OC)cc2)nnc1SCc1ccccc1Cl. The minimum Gasteiger partial charge on any atom is -0.497 e. The van der Waals surface area contributed by atoms with Gasteiger partial charge in [0.25, 0.3) is 5.91 Å². The molecule has 1 heterocycles. The third-order valence-corrected chi connectivity index (χ3v) is 5.51. The number of benzene rings is 2. The summed E-state index contributed by atoms with van der Waals surface area (Å²) >= 11 is 7.74. The maximum Gasteiger partial charge on any atom is 0.250 e. The zero-order valence-electron chi connectivity index (χ0n) is 16.1. The molecule has 0 atom stereocenters. The van der Waals surface area contributed by atoms with Crippen LogP contribution < -0.4 is 10.1 Å². The molecule has 1 amide bonds. The van der Waals surface area contributed by atoms with Gasteiger partial charge in [-0.3, -0.25) is 14.7 Å². The van der Waals surface area contributed by atoms with Crippen molar-refractivity contribution in [1.82, 2.24) is 14.8 Å². The molecular formula is C21H21ClN4O2S. The summed E-state index contributed by atoms with van der Waals surface area (Å²) in [5.74, 6) is 1.58. The quantitative estimate of drug-likeness (QED) is 0.408.